The number of anilines is 1. The molecule has 37 heavy (non-hydrogen) atoms. The summed E-state index contributed by atoms with van der Waals surface area (Å²) in [6.07, 6.45) is 1.43. The number of methoxy groups -OCH3 is 1. The van der Waals surface area contributed by atoms with E-state index in [4.69, 9.17) is 21.7 Å². The minimum absolute atomic E-state index is 0.0176. The monoisotopic (exact) mass is 628 g/mol. The number of benzene rings is 3. The normalized spacial score (nSPS) is 14.5. The first kappa shape index (κ1) is 26.3. The molecule has 0 atom stereocenters. The molecule has 0 radical (unpaired) electrons. The van der Waals surface area contributed by atoms with Crippen LogP contribution in [0.15, 0.2) is 66.2 Å². The van der Waals surface area contributed by atoms with E-state index in [9.17, 15) is 19.5 Å². The summed E-state index contributed by atoms with van der Waals surface area (Å²) in [4.78, 5) is 38.5. The first-order valence-corrected chi connectivity index (χ1v) is 12.5. The molecule has 0 spiro atoms. The van der Waals surface area contributed by atoms with E-state index in [1.165, 1.54) is 37.5 Å². The van der Waals surface area contributed by atoms with Crippen LogP contribution in [-0.2, 0) is 16.2 Å². The summed E-state index contributed by atoms with van der Waals surface area (Å²) >= 11 is 7.31. The molecule has 0 bridgehead atoms. The van der Waals surface area contributed by atoms with Crippen molar-refractivity contribution in [2.24, 2.45) is 0 Å². The zero-order valence-corrected chi connectivity index (χ0v) is 22.8. The van der Waals surface area contributed by atoms with Crippen molar-refractivity contribution in [1.29, 1.82) is 0 Å². The second kappa shape index (κ2) is 11.1. The minimum atomic E-state index is -1.15. The molecule has 10 heteroatoms. The highest BCUT2D eigenvalue weighted by atomic mass is 127. The summed E-state index contributed by atoms with van der Waals surface area (Å²) in [5, 5.41) is 11.7. The number of aryl methyl sites for hydroxylation is 1. The number of aromatic carboxylic acids is 1. The molecular weight excluding hydrogens is 607 g/mol. The van der Waals surface area contributed by atoms with Gasteiger partial charge in [0.25, 0.3) is 11.8 Å². The molecular formula is C27H21IN2O6S. The van der Waals surface area contributed by atoms with Crippen molar-refractivity contribution in [3.05, 3.63) is 92.1 Å². The third-order valence-electron chi connectivity index (χ3n) is 5.52. The van der Waals surface area contributed by atoms with Crippen LogP contribution in [0.3, 0.4) is 0 Å². The standard InChI is InChI=1S/C27H21IN2O6S/c1-15-6-8-16(9-7-15)14-36-23-21(28)11-17(12-22(23)35-2)10-20-24(31)29-27(37)30(25(20)32)19-5-3-4-18(13-19)26(33)34/h3-13H,14H2,1-2H3,(H,33,34)(H,29,31,37). The third-order valence-corrected chi connectivity index (χ3v) is 6.61. The van der Waals surface area contributed by atoms with Crippen LogP contribution >= 0.6 is 34.8 Å². The summed E-state index contributed by atoms with van der Waals surface area (Å²) in [6.45, 7) is 2.36. The molecule has 1 heterocycles. The van der Waals surface area contributed by atoms with Crippen molar-refractivity contribution < 1.29 is 29.0 Å². The molecule has 188 valence electrons. The van der Waals surface area contributed by atoms with Crippen LogP contribution in [0.25, 0.3) is 6.08 Å². The molecule has 3 aromatic carbocycles. The summed E-state index contributed by atoms with van der Waals surface area (Å²) in [5.74, 6) is -1.50. The molecule has 3 aromatic rings. The molecule has 0 aromatic heterocycles. The van der Waals surface area contributed by atoms with Crippen molar-refractivity contribution in [2.45, 2.75) is 13.5 Å². The van der Waals surface area contributed by atoms with Gasteiger partial charge < -0.3 is 14.6 Å². The molecule has 0 unspecified atom stereocenters. The number of hydrogen-bond donors (Lipinski definition) is 2. The third kappa shape index (κ3) is 5.81. The first-order valence-electron chi connectivity index (χ1n) is 11.0. The van der Waals surface area contributed by atoms with E-state index < -0.39 is 17.8 Å². The highest BCUT2D eigenvalue weighted by Gasteiger charge is 2.34. The van der Waals surface area contributed by atoms with E-state index >= 15 is 0 Å². The van der Waals surface area contributed by atoms with Gasteiger partial charge in [-0.25, -0.2) is 4.79 Å². The van der Waals surface area contributed by atoms with Gasteiger partial charge in [0, 0.05) is 0 Å². The Hall–Kier alpha value is -3.77. The minimum Gasteiger partial charge on any atom is -0.493 e. The summed E-state index contributed by atoms with van der Waals surface area (Å²) in [7, 11) is 1.51. The van der Waals surface area contributed by atoms with Crippen LogP contribution in [-0.4, -0.2) is 35.1 Å². The fraction of sp³-hybridized carbons (Fsp3) is 0.111. The molecule has 8 nitrogen and oxygen atoms in total. The summed E-state index contributed by atoms with van der Waals surface area (Å²) in [6, 6.07) is 17.2. The van der Waals surface area contributed by atoms with E-state index in [0.29, 0.717) is 23.7 Å². The van der Waals surface area contributed by atoms with Gasteiger partial charge in [0.1, 0.15) is 12.2 Å². The molecule has 0 aliphatic carbocycles. The van der Waals surface area contributed by atoms with Crippen molar-refractivity contribution in [2.75, 3.05) is 12.0 Å². The molecule has 1 aliphatic rings. The molecule has 1 saturated heterocycles. The lowest BCUT2D eigenvalue weighted by Gasteiger charge is -2.29. The number of nitrogens with one attached hydrogen (secondary N) is 1. The van der Waals surface area contributed by atoms with E-state index in [1.54, 1.807) is 12.1 Å². The van der Waals surface area contributed by atoms with Crippen molar-refractivity contribution in [1.82, 2.24) is 5.32 Å². The fourth-order valence-corrected chi connectivity index (χ4v) is 4.70. The van der Waals surface area contributed by atoms with Gasteiger partial charge in [0.15, 0.2) is 16.6 Å². The van der Waals surface area contributed by atoms with Crippen LogP contribution in [0.5, 0.6) is 11.5 Å². The smallest absolute Gasteiger partial charge is 0.335 e. The number of nitrogens with zero attached hydrogens (tertiary/aromatic N) is 1. The molecule has 1 fully saturated rings. The maximum atomic E-state index is 13.3. The van der Waals surface area contributed by atoms with Crippen molar-refractivity contribution in [3.8, 4) is 11.5 Å². The quantitative estimate of drug-likeness (QED) is 0.169. The number of halogens is 1. The number of thiocarbonyl (C=S) groups is 1. The van der Waals surface area contributed by atoms with Crippen LogP contribution in [0, 0.1) is 10.5 Å². The van der Waals surface area contributed by atoms with Crippen molar-refractivity contribution in [3.63, 3.8) is 0 Å². The summed E-state index contributed by atoms with van der Waals surface area (Å²) in [5.41, 5.74) is 2.74. The van der Waals surface area contributed by atoms with Gasteiger partial charge in [-0.3, -0.25) is 19.8 Å². The molecule has 1 aliphatic heterocycles. The number of carboxylic acid groups (broad SMARTS) is 1. The lowest BCUT2D eigenvalue weighted by atomic mass is 10.1. The second-order valence-corrected chi connectivity index (χ2v) is 9.67. The van der Waals surface area contributed by atoms with E-state index in [-0.39, 0.29) is 21.9 Å². The van der Waals surface area contributed by atoms with Crippen LogP contribution in [0.1, 0.15) is 27.0 Å². The first-order chi connectivity index (χ1) is 17.7. The predicted molar refractivity (Wildman–Crippen MR) is 151 cm³/mol. The van der Waals surface area contributed by atoms with E-state index in [1.807, 2.05) is 31.2 Å². The Labute approximate surface area is 232 Å². The van der Waals surface area contributed by atoms with Crippen LogP contribution in [0.2, 0.25) is 0 Å². The average Bonchev–Trinajstić information content (AvgIpc) is 2.86. The Balaban J connectivity index is 1.64. The maximum absolute atomic E-state index is 13.3. The predicted octanol–water partition coefficient (Wildman–Crippen LogP) is 4.72. The van der Waals surface area contributed by atoms with Gasteiger partial charge in [-0.05, 0) is 89.3 Å². The maximum Gasteiger partial charge on any atom is 0.335 e. The summed E-state index contributed by atoms with van der Waals surface area (Å²) < 4.78 is 12.3. The van der Waals surface area contributed by atoms with E-state index in [2.05, 4.69) is 27.9 Å². The fourth-order valence-electron chi connectivity index (χ4n) is 3.64. The lowest BCUT2D eigenvalue weighted by Crippen LogP contribution is -2.54. The van der Waals surface area contributed by atoms with Gasteiger partial charge in [-0.15, -0.1) is 0 Å². The van der Waals surface area contributed by atoms with Gasteiger partial charge >= 0.3 is 5.97 Å². The lowest BCUT2D eigenvalue weighted by molar-refractivity contribution is -0.122. The molecule has 2 amide bonds. The second-order valence-electron chi connectivity index (χ2n) is 8.12. The zero-order valence-electron chi connectivity index (χ0n) is 19.8. The highest BCUT2D eigenvalue weighted by Crippen LogP contribution is 2.35. The number of carboxylic acids is 1. The Morgan fingerprint density at radius 3 is 2.54 bits per heavy atom. The van der Waals surface area contributed by atoms with Gasteiger partial charge in [-0.2, -0.15) is 0 Å². The highest BCUT2D eigenvalue weighted by molar-refractivity contribution is 14.1. The van der Waals surface area contributed by atoms with Gasteiger partial charge in [0.05, 0.1) is 21.9 Å². The number of carbonyl (C=O) groups excluding carboxylic acids is 2. The van der Waals surface area contributed by atoms with Gasteiger partial charge in [-0.1, -0.05) is 35.9 Å². The Morgan fingerprint density at radius 2 is 1.86 bits per heavy atom. The number of rotatable bonds is 7. The van der Waals surface area contributed by atoms with Crippen LogP contribution < -0.4 is 19.7 Å². The number of ether oxygens (including phenoxy) is 2. The number of amides is 2. The molecule has 2 N–H and O–H groups in total. The van der Waals surface area contributed by atoms with Crippen LogP contribution in [0.4, 0.5) is 5.69 Å². The van der Waals surface area contributed by atoms with Gasteiger partial charge in [0.2, 0.25) is 0 Å². The Morgan fingerprint density at radius 1 is 1.14 bits per heavy atom. The largest absolute Gasteiger partial charge is 0.493 e. The van der Waals surface area contributed by atoms with E-state index in [0.717, 1.165) is 19.6 Å². The topological polar surface area (TPSA) is 105 Å². The molecule has 0 saturated carbocycles. The average molecular weight is 628 g/mol. The Kier molecular flexibility index (Phi) is 7.89. The molecule has 4 rings (SSSR count). The Bertz CT molecular complexity index is 1450. The number of hydrogen-bond acceptors (Lipinski definition) is 6. The SMILES string of the molecule is COc1cc(C=C2C(=O)NC(=S)N(c3cccc(C(=O)O)c3)C2=O)cc(I)c1OCc1ccc(C)cc1. The zero-order chi connectivity index (χ0) is 26.7. The number of carbonyl (C=O) groups is 3. The van der Waals surface area contributed by atoms with Crippen molar-refractivity contribution >= 4 is 69.5 Å².